The monoisotopic (exact) mass is 585 g/mol. The summed E-state index contributed by atoms with van der Waals surface area (Å²) in [6, 6.07) is 7.74. The van der Waals surface area contributed by atoms with Crippen LogP contribution in [0, 0.1) is 10.1 Å². The van der Waals surface area contributed by atoms with Gasteiger partial charge in [-0.05, 0) is 53.2 Å². The van der Waals surface area contributed by atoms with E-state index in [1.165, 1.54) is 42.2 Å². The lowest BCUT2D eigenvalue weighted by Crippen LogP contribution is -2.44. The first kappa shape index (κ1) is 23.4. The first-order chi connectivity index (χ1) is 14.6. The molecule has 1 aliphatic rings. The third kappa shape index (κ3) is 5.14. The summed E-state index contributed by atoms with van der Waals surface area (Å²) in [6.07, 6.45) is 1.51. The van der Waals surface area contributed by atoms with Crippen LogP contribution in [0.4, 0.5) is 11.4 Å². The second-order valence-electron chi connectivity index (χ2n) is 6.35. The topological polar surface area (TPSA) is 113 Å². The summed E-state index contributed by atoms with van der Waals surface area (Å²) in [5.74, 6) is -0.992. The van der Waals surface area contributed by atoms with Crippen LogP contribution in [-0.4, -0.2) is 37.1 Å². The summed E-state index contributed by atoms with van der Waals surface area (Å²) < 4.78 is 1.37. The van der Waals surface area contributed by atoms with E-state index >= 15 is 0 Å². The summed E-state index contributed by atoms with van der Waals surface area (Å²) >= 11 is 12.9. The number of carbonyl (C=O) groups is 2. The van der Waals surface area contributed by atoms with E-state index in [2.05, 4.69) is 37.2 Å². The van der Waals surface area contributed by atoms with Gasteiger partial charge in [-0.3, -0.25) is 24.6 Å². The Labute approximate surface area is 203 Å². The van der Waals surface area contributed by atoms with Gasteiger partial charge in [-0.15, -0.1) is 0 Å². The van der Waals surface area contributed by atoms with Crippen molar-refractivity contribution in [3.8, 4) is 5.75 Å². The number of halogens is 2. The van der Waals surface area contributed by atoms with Gasteiger partial charge in [0, 0.05) is 27.9 Å². The molecule has 0 bridgehead atoms. The lowest BCUT2D eigenvalue weighted by atomic mass is 10.1. The Balaban J connectivity index is 1.78. The number of nitro benzene ring substituents is 1. The molecule has 12 heteroatoms. The first-order valence-corrected chi connectivity index (χ1v) is 11.4. The van der Waals surface area contributed by atoms with Crippen molar-refractivity contribution in [2.24, 2.45) is 0 Å². The average Bonchev–Trinajstić information content (AvgIpc) is 2.98. The van der Waals surface area contributed by atoms with Crippen LogP contribution in [0.25, 0.3) is 6.08 Å². The number of hydrogen-bond donors (Lipinski definition) is 2. The summed E-state index contributed by atoms with van der Waals surface area (Å²) in [5.41, 5.74) is 0.660. The lowest BCUT2D eigenvalue weighted by molar-refractivity contribution is -0.384. The fourth-order valence-electron chi connectivity index (χ4n) is 2.68. The number of phenols is 1. The molecule has 0 radical (unpaired) electrons. The summed E-state index contributed by atoms with van der Waals surface area (Å²) in [6.45, 7) is 1.53. The van der Waals surface area contributed by atoms with Crippen molar-refractivity contribution in [1.29, 1.82) is 0 Å². The smallest absolute Gasteiger partial charge is 0.269 e. The van der Waals surface area contributed by atoms with E-state index in [1.54, 1.807) is 12.1 Å². The van der Waals surface area contributed by atoms with E-state index in [1.807, 2.05) is 0 Å². The van der Waals surface area contributed by atoms with Crippen LogP contribution in [0.2, 0.25) is 0 Å². The maximum atomic E-state index is 12.9. The highest BCUT2D eigenvalue weighted by molar-refractivity contribution is 9.11. The molecule has 2 aromatic rings. The third-order valence-electron chi connectivity index (χ3n) is 4.28. The molecule has 1 heterocycles. The molecule has 1 aliphatic heterocycles. The van der Waals surface area contributed by atoms with E-state index in [9.17, 15) is 24.8 Å². The molecule has 31 heavy (non-hydrogen) atoms. The standard InChI is InChI=1S/C19H13Br2N3O5S2/c1-9(17(26)22-12-2-4-13(5-3-12)24(28)29)23-18(27)15(31-19(23)30)7-10-6-11(20)8-14(21)16(10)25/h2-9,25H,1H3,(H,22,26)/b15-7-. The Morgan fingerprint density at radius 2 is 1.97 bits per heavy atom. The minimum atomic E-state index is -0.920. The Bertz CT molecular complexity index is 1140. The van der Waals surface area contributed by atoms with Gasteiger partial charge in [-0.25, -0.2) is 0 Å². The van der Waals surface area contributed by atoms with Crippen molar-refractivity contribution in [1.82, 2.24) is 4.90 Å². The van der Waals surface area contributed by atoms with Crippen LogP contribution in [0.5, 0.6) is 5.75 Å². The zero-order valence-electron chi connectivity index (χ0n) is 15.7. The normalized spacial score (nSPS) is 16.0. The first-order valence-electron chi connectivity index (χ1n) is 8.59. The number of nitro groups is 1. The Morgan fingerprint density at radius 1 is 1.32 bits per heavy atom. The number of rotatable bonds is 5. The van der Waals surface area contributed by atoms with Crippen LogP contribution in [0.1, 0.15) is 12.5 Å². The molecule has 1 fully saturated rings. The molecule has 2 aromatic carbocycles. The fraction of sp³-hybridized carbons (Fsp3) is 0.105. The number of thioether (sulfide) groups is 1. The average molecular weight is 587 g/mol. The number of amides is 2. The quantitative estimate of drug-likeness (QED) is 0.218. The minimum Gasteiger partial charge on any atom is -0.506 e. The zero-order valence-corrected chi connectivity index (χ0v) is 20.5. The number of aromatic hydroxyl groups is 1. The fourth-order valence-corrected chi connectivity index (χ4v) is 5.35. The van der Waals surface area contributed by atoms with Crippen molar-refractivity contribution in [3.63, 3.8) is 0 Å². The molecule has 1 atom stereocenters. The highest BCUT2D eigenvalue weighted by Gasteiger charge is 2.38. The number of thiocarbonyl (C=S) groups is 1. The van der Waals surface area contributed by atoms with Gasteiger partial charge in [0.05, 0.1) is 14.3 Å². The predicted octanol–water partition coefficient (Wildman–Crippen LogP) is 5.05. The number of phenolic OH excluding ortho intramolecular Hbond substituents is 1. The maximum absolute atomic E-state index is 12.9. The highest BCUT2D eigenvalue weighted by atomic mass is 79.9. The second kappa shape index (κ2) is 9.47. The van der Waals surface area contributed by atoms with Crippen LogP contribution < -0.4 is 5.32 Å². The number of anilines is 1. The molecule has 1 saturated heterocycles. The van der Waals surface area contributed by atoms with E-state index in [4.69, 9.17) is 12.2 Å². The number of hydrogen-bond acceptors (Lipinski definition) is 7. The Kier molecular flexibility index (Phi) is 7.14. The third-order valence-corrected chi connectivity index (χ3v) is 6.67. The van der Waals surface area contributed by atoms with Crippen molar-refractivity contribution in [2.75, 3.05) is 5.32 Å². The molecule has 160 valence electrons. The molecule has 0 saturated carbocycles. The van der Waals surface area contributed by atoms with Crippen LogP contribution >= 0.6 is 55.8 Å². The second-order valence-corrected chi connectivity index (χ2v) is 9.79. The van der Waals surface area contributed by atoms with E-state index in [0.717, 1.165) is 11.8 Å². The van der Waals surface area contributed by atoms with Gasteiger partial charge in [0.25, 0.3) is 11.6 Å². The van der Waals surface area contributed by atoms with Crippen LogP contribution in [-0.2, 0) is 9.59 Å². The highest BCUT2D eigenvalue weighted by Crippen LogP contribution is 2.38. The van der Waals surface area contributed by atoms with Crippen molar-refractivity contribution < 1.29 is 19.6 Å². The minimum absolute atomic E-state index is 0.0302. The summed E-state index contributed by atoms with van der Waals surface area (Å²) in [5, 5.41) is 23.6. The van der Waals surface area contributed by atoms with Gasteiger partial charge in [0.15, 0.2) is 0 Å². The van der Waals surface area contributed by atoms with Crippen molar-refractivity contribution >= 4 is 89.4 Å². The number of benzene rings is 2. The van der Waals surface area contributed by atoms with E-state index in [0.29, 0.717) is 20.2 Å². The largest absolute Gasteiger partial charge is 0.506 e. The van der Waals surface area contributed by atoms with E-state index in [-0.39, 0.29) is 20.7 Å². The van der Waals surface area contributed by atoms with Crippen molar-refractivity contribution in [3.05, 3.63) is 65.9 Å². The molecular formula is C19H13Br2N3O5S2. The number of carbonyl (C=O) groups excluding carboxylic acids is 2. The van der Waals surface area contributed by atoms with Gasteiger partial charge >= 0.3 is 0 Å². The molecule has 1 unspecified atom stereocenters. The SMILES string of the molecule is CC(C(=O)Nc1ccc([N+](=O)[O-])cc1)N1C(=O)/C(=C/c2cc(Br)cc(Br)c2O)SC1=S. The molecule has 2 amide bonds. The molecule has 2 N–H and O–H groups in total. The van der Waals surface area contributed by atoms with Gasteiger partial charge in [-0.1, -0.05) is 39.9 Å². The Hall–Kier alpha value is -2.28. The molecule has 3 rings (SSSR count). The molecule has 0 aromatic heterocycles. The lowest BCUT2D eigenvalue weighted by Gasteiger charge is -2.22. The number of nitrogens with one attached hydrogen (secondary N) is 1. The van der Waals surface area contributed by atoms with Gasteiger partial charge in [-0.2, -0.15) is 0 Å². The zero-order chi connectivity index (χ0) is 22.9. The van der Waals surface area contributed by atoms with Gasteiger partial charge in [0.2, 0.25) is 5.91 Å². The maximum Gasteiger partial charge on any atom is 0.269 e. The van der Waals surface area contributed by atoms with Gasteiger partial charge in [0.1, 0.15) is 16.1 Å². The molecule has 0 aliphatic carbocycles. The Morgan fingerprint density at radius 3 is 2.58 bits per heavy atom. The molecule has 0 spiro atoms. The summed E-state index contributed by atoms with van der Waals surface area (Å²) in [7, 11) is 0. The predicted molar refractivity (Wildman–Crippen MR) is 130 cm³/mol. The van der Waals surface area contributed by atoms with Crippen LogP contribution in [0.3, 0.4) is 0 Å². The number of non-ortho nitro benzene ring substituents is 1. The summed E-state index contributed by atoms with van der Waals surface area (Å²) in [4.78, 5) is 37.2. The van der Waals surface area contributed by atoms with E-state index < -0.39 is 22.8 Å². The van der Waals surface area contributed by atoms with Gasteiger partial charge < -0.3 is 10.4 Å². The van der Waals surface area contributed by atoms with Crippen molar-refractivity contribution in [2.45, 2.75) is 13.0 Å². The number of nitrogens with zero attached hydrogens (tertiary/aromatic N) is 2. The molecular weight excluding hydrogens is 574 g/mol. The van der Waals surface area contributed by atoms with Crippen LogP contribution in [0.15, 0.2) is 50.2 Å². The molecule has 8 nitrogen and oxygen atoms in total.